The summed E-state index contributed by atoms with van der Waals surface area (Å²) >= 11 is 1.38. The lowest BCUT2D eigenvalue weighted by Gasteiger charge is -2.16. The van der Waals surface area contributed by atoms with E-state index in [9.17, 15) is 0 Å². The normalized spacial score (nSPS) is 13.0. The largest absolute Gasteiger partial charge is 0.484 e. The summed E-state index contributed by atoms with van der Waals surface area (Å²) in [6, 6.07) is 0.410. The first-order valence-corrected chi connectivity index (χ1v) is 7.85. The number of anilines is 2. The number of hydrogen-bond donors (Lipinski definition) is 2. The molecule has 0 saturated heterocycles. The third-order valence-electron chi connectivity index (χ3n) is 2.82. The van der Waals surface area contributed by atoms with Crippen LogP contribution < -0.4 is 15.8 Å². The number of rotatable bonds is 8. The van der Waals surface area contributed by atoms with Gasteiger partial charge in [0.25, 0.3) is 0 Å². The van der Waals surface area contributed by atoms with Crippen LogP contribution in [0.2, 0.25) is 0 Å². The van der Waals surface area contributed by atoms with E-state index in [4.69, 9.17) is 10.5 Å². The highest BCUT2D eigenvalue weighted by atomic mass is 32.1. The number of aromatic nitrogens is 1. The van der Waals surface area contributed by atoms with Gasteiger partial charge in [-0.2, -0.15) is 4.37 Å². The molecule has 4 nitrogen and oxygen atoms in total. The van der Waals surface area contributed by atoms with Gasteiger partial charge < -0.3 is 15.8 Å². The van der Waals surface area contributed by atoms with Gasteiger partial charge in [0.15, 0.2) is 16.6 Å². The Bertz CT molecular complexity index is 377. The lowest BCUT2D eigenvalue weighted by Crippen LogP contribution is -2.16. The molecule has 0 radical (unpaired) electrons. The lowest BCUT2D eigenvalue weighted by molar-refractivity contribution is 0.245. The Labute approximate surface area is 120 Å². The molecule has 0 amide bonds. The Hall–Kier alpha value is -0.970. The summed E-state index contributed by atoms with van der Waals surface area (Å²) < 4.78 is 9.88. The van der Waals surface area contributed by atoms with Crippen LogP contribution in [0.25, 0.3) is 0 Å². The average molecular weight is 285 g/mol. The second kappa shape index (κ2) is 7.58. The fourth-order valence-corrected chi connectivity index (χ4v) is 2.63. The molecule has 1 aromatic heterocycles. The van der Waals surface area contributed by atoms with Crippen molar-refractivity contribution in [2.24, 2.45) is 5.92 Å². The minimum absolute atomic E-state index is 0.107. The predicted molar refractivity (Wildman–Crippen MR) is 84.1 cm³/mol. The summed E-state index contributed by atoms with van der Waals surface area (Å²) in [7, 11) is 0. The molecule has 1 heterocycles. The van der Waals surface area contributed by atoms with Crippen LogP contribution in [0, 0.1) is 5.92 Å². The summed E-state index contributed by atoms with van der Waals surface area (Å²) in [5.41, 5.74) is 5.84. The zero-order valence-electron chi connectivity index (χ0n) is 12.7. The molecule has 0 bridgehead atoms. The molecule has 110 valence electrons. The highest BCUT2D eigenvalue weighted by Crippen LogP contribution is 2.36. The Morgan fingerprint density at radius 1 is 1.21 bits per heavy atom. The van der Waals surface area contributed by atoms with E-state index in [-0.39, 0.29) is 6.10 Å². The molecule has 0 saturated carbocycles. The van der Waals surface area contributed by atoms with Crippen LogP contribution >= 0.6 is 11.5 Å². The van der Waals surface area contributed by atoms with Gasteiger partial charge in [0.05, 0.1) is 6.10 Å². The number of ether oxygens (including phenoxy) is 1. The monoisotopic (exact) mass is 285 g/mol. The second-order valence-electron chi connectivity index (χ2n) is 5.76. The van der Waals surface area contributed by atoms with Crippen LogP contribution in [0.1, 0.15) is 53.9 Å². The van der Waals surface area contributed by atoms with E-state index >= 15 is 0 Å². The van der Waals surface area contributed by atoms with E-state index in [1.54, 1.807) is 0 Å². The molecular formula is C14H27N3OS. The minimum Gasteiger partial charge on any atom is -0.484 e. The molecule has 1 atom stereocenters. The van der Waals surface area contributed by atoms with E-state index < -0.39 is 0 Å². The lowest BCUT2D eigenvalue weighted by atomic mass is 10.0. The minimum atomic E-state index is 0.107. The van der Waals surface area contributed by atoms with Gasteiger partial charge in [-0.25, -0.2) is 0 Å². The zero-order valence-corrected chi connectivity index (χ0v) is 13.5. The van der Waals surface area contributed by atoms with Gasteiger partial charge in [-0.3, -0.25) is 0 Å². The molecule has 0 spiro atoms. The third kappa shape index (κ3) is 5.68. The quantitative estimate of drug-likeness (QED) is 0.753. The van der Waals surface area contributed by atoms with Gasteiger partial charge in [0.1, 0.15) is 0 Å². The molecule has 1 aromatic rings. The highest BCUT2D eigenvalue weighted by Gasteiger charge is 2.16. The van der Waals surface area contributed by atoms with Crippen LogP contribution in [0.15, 0.2) is 0 Å². The first kappa shape index (κ1) is 16.1. The van der Waals surface area contributed by atoms with Crippen molar-refractivity contribution in [3.8, 4) is 5.75 Å². The van der Waals surface area contributed by atoms with Crippen LogP contribution in [0.3, 0.4) is 0 Å². The van der Waals surface area contributed by atoms with Crippen molar-refractivity contribution in [1.82, 2.24) is 4.37 Å². The maximum atomic E-state index is 5.84. The first-order chi connectivity index (χ1) is 8.90. The number of nitrogen functional groups attached to an aromatic ring is 1. The zero-order chi connectivity index (χ0) is 14.4. The van der Waals surface area contributed by atoms with Crippen molar-refractivity contribution in [1.29, 1.82) is 0 Å². The van der Waals surface area contributed by atoms with Crippen molar-refractivity contribution in [2.75, 3.05) is 11.1 Å². The smallest absolute Gasteiger partial charge is 0.197 e. The molecule has 0 fully saturated rings. The van der Waals surface area contributed by atoms with Crippen LogP contribution in [-0.2, 0) is 0 Å². The highest BCUT2D eigenvalue weighted by molar-refractivity contribution is 7.11. The van der Waals surface area contributed by atoms with Crippen LogP contribution in [-0.4, -0.2) is 16.5 Å². The van der Waals surface area contributed by atoms with Gasteiger partial charge in [-0.1, -0.05) is 26.7 Å². The fourth-order valence-electron chi connectivity index (χ4n) is 1.86. The maximum absolute atomic E-state index is 5.84. The third-order valence-corrected chi connectivity index (χ3v) is 3.60. The molecular weight excluding hydrogens is 258 g/mol. The standard InChI is InChI=1S/C14H27N3OS/c1-9(2)7-6-8-11(5)16-14-12(18-10(3)4)13(15)17-19-14/h9-11,16H,6-8H2,1-5H3,(H2,15,17). The fraction of sp³-hybridized carbons (Fsp3) is 0.786. The Morgan fingerprint density at radius 2 is 1.89 bits per heavy atom. The summed E-state index contributed by atoms with van der Waals surface area (Å²) in [4.78, 5) is 0. The molecule has 0 aromatic carbocycles. The maximum Gasteiger partial charge on any atom is 0.197 e. The van der Waals surface area contributed by atoms with Crippen LogP contribution in [0.4, 0.5) is 10.8 Å². The topological polar surface area (TPSA) is 60.2 Å². The van der Waals surface area contributed by atoms with Gasteiger partial charge >= 0.3 is 0 Å². The predicted octanol–water partition coefficient (Wildman–Crippen LogP) is 4.14. The summed E-state index contributed by atoms with van der Waals surface area (Å²) in [5, 5.41) is 4.41. The summed E-state index contributed by atoms with van der Waals surface area (Å²) in [5.74, 6) is 1.96. The molecule has 0 aliphatic carbocycles. The number of nitrogens with two attached hydrogens (primary N) is 1. The van der Waals surface area contributed by atoms with E-state index in [1.807, 2.05) is 13.8 Å². The molecule has 19 heavy (non-hydrogen) atoms. The number of nitrogens with one attached hydrogen (secondary N) is 1. The molecule has 0 aliphatic rings. The average Bonchev–Trinajstić information content (AvgIpc) is 2.60. The van der Waals surface area contributed by atoms with E-state index in [2.05, 4.69) is 30.5 Å². The summed E-state index contributed by atoms with van der Waals surface area (Å²) in [6.07, 6.45) is 3.76. The molecule has 1 rings (SSSR count). The SMILES string of the molecule is CC(C)CCCC(C)Nc1snc(N)c1OC(C)C. The van der Waals surface area contributed by atoms with Crippen molar-refractivity contribution < 1.29 is 4.74 Å². The van der Waals surface area contributed by atoms with Crippen LogP contribution in [0.5, 0.6) is 5.75 Å². The molecule has 5 heteroatoms. The van der Waals surface area contributed by atoms with Gasteiger partial charge in [-0.15, -0.1) is 0 Å². The Morgan fingerprint density at radius 3 is 2.47 bits per heavy atom. The van der Waals surface area contributed by atoms with Gasteiger partial charge in [0, 0.05) is 6.04 Å². The number of hydrogen-bond acceptors (Lipinski definition) is 5. The Balaban J connectivity index is 2.51. The van der Waals surface area contributed by atoms with E-state index in [1.165, 1.54) is 24.4 Å². The van der Waals surface area contributed by atoms with Crippen molar-refractivity contribution in [2.45, 2.75) is 66.0 Å². The first-order valence-electron chi connectivity index (χ1n) is 7.08. The van der Waals surface area contributed by atoms with Crippen molar-refractivity contribution in [3.63, 3.8) is 0 Å². The van der Waals surface area contributed by atoms with Gasteiger partial charge in [0.2, 0.25) is 0 Å². The molecule has 3 N–H and O–H groups in total. The van der Waals surface area contributed by atoms with Gasteiger partial charge in [-0.05, 0) is 44.6 Å². The van der Waals surface area contributed by atoms with E-state index in [0.29, 0.717) is 17.6 Å². The number of nitrogens with zero attached hydrogens (tertiary/aromatic N) is 1. The molecule has 0 aliphatic heterocycles. The Kier molecular flexibility index (Phi) is 6.42. The van der Waals surface area contributed by atoms with Crippen molar-refractivity contribution >= 4 is 22.4 Å². The van der Waals surface area contributed by atoms with E-state index in [0.717, 1.165) is 17.3 Å². The molecule has 1 unspecified atom stereocenters. The second-order valence-corrected chi connectivity index (χ2v) is 6.54. The summed E-state index contributed by atoms with van der Waals surface area (Å²) in [6.45, 7) is 10.7. The van der Waals surface area contributed by atoms with Crippen molar-refractivity contribution in [3.05, 3.63) is 0 Å².